The molecule has 4 aromatic rings. The van der Waals surface area contributed by atoms with Crippen molar-refractivity contribution in [2.24, 2.45) is 0 Å². The quantitative estimate of drug-likeness (QED) is 0.355. The number of aromatic nitrogens is 2. The zero-order valence-electron chi connectivity index (χ0n) is 19.4. The SMILES string of the molecule is CCOc1ccccc1OCCn1c(C2CC(=O)N(Cc3ccccc3)C2)nc2ccccc21. The van der Waals surface area contributed by atoms with E-state index >= 15 is 0 Å². The molecule has 3 aromatic carbocycles. The lowest BCUT2D eigenvalue weighted by molar-refractivity contribution is -0.128. The highest BCUT2D eigenvalue weighted by atomic mass is 16.5. The first-order valence-corrected chi connectivity index (χ1v) is 11.8. The molecule has 0 radical (unpaired) electrons. The number of nitrogens with zero attached hydrogens (tertiary/aromatic N) is 3. The maximum Gasteiger partial charge on any atom is 0.223 e. The second-order valence-electron chi connectivity index (χ2n) is 8.50. The summed E-state index contributed by atoms with van der Waals surface area (Å²) in [6.45, 7) is 4.97. The number of hydrogen-bond donors (Lipinski definition) is 0. The van der Waals surface area contributed by atoms with Gasteiger partial charge < -0.3 is 18.9 Å². The summed E-state index contributed by atoms with van der Waals surface area (Å²) in [4.78, 5) is 19.7. The highest BCUT2D eigenvalue weighted by molar-refractivity contribution is 5.81. The zero-order chi connectivity index (χ0) is 23.3. The van der Waals surface area contributed by atoms with Gasteiger partial charge in [-0.1, -0.05) is 54.6 Å². The van der Waals surface area contributed by atoms with Crippen LogP contribution in [0.2, 0.25) is 0 Å². The van der Waals surface area contributed by atoms with Gasteiger partial charge in [0.05, 0.1) is 24.2 Å². The van der Waals surface area contributed by atoms with Crippen LogP contribution in [0, 0.1) is 0 Å². The number of carbonyl (C=O) groups is 1. The Morgan fingerprint density at radius 2 is 1.62 bits per heavy atom. The predicted octanol–water partition coefficient (Wildman–Crippen LogP) is 5.03. The molecule has 0 bridgehead atoms. The summed E-state index contributed by atoms with van der Waals surface area (Å²) < 4.78 is 14.0. The van der Waals surface area contributed by atoms with E-state index in [1.807, 2.05) is 72.5 Å². The maximum atomic E-state index is 12.8. The smallest absolute Gasteiger partial charge is 0.223 e. The monoisotopic (exact) mass is 455 g/mol. The van der Waals surface area contributed by atoms with E-state index in [1.165, 1.54) is 0 Å². The lowest BCUT2D eigenvalue weighted by Gasteiger charge is -2.18. The number of benzene rings is 3. The van der Waals surface area contributed by atoms with Crippen LogP contribution in [-0.2, 0) is 17.9 Å². The van der Waals surface area contributed by atoms with E-state index < -0.39 is 0 Å². The molecule has 5 rings (SSSR count). The molecule has 0 spiro atoms. The average molecular weight is 456 g/mol. The molecule has 174 valence electrons. The number of ether oxygens (including phenoxy) is 2. The summed E-state index contributed by atoms with van der Waals surface area (Å²) in [6.07, 6.45) is 0.476. The van der Waals surface area contributed by atoms with Crippen molar-refractivity contribution in [3.63, 3.8) is 0 Å². The van der Waals surface area contributed by atoms with Crippen LogP contribution in [0.25, 0.3) is 11.0 Å². The Bertz CT molecular complexity index is 1270. The fourth-order valence-corrected chi connectivity index (χ4v) is 4.63. The van der Waals surface area contributed by atoms with Gasteiger partial charge in [0.2, 0.25) is 5.91 Å². The topological polar surface area (TPSA) is 56.6 Å². The number of carbonyl (C=O) groups excluding carboxylic acids is 1. The van der Waals surface area contributed by atoms with Crippen LogP contribution in [0.4, 0.5) is 0 Å². The molecule has 6 heteroatoms. The third-order valence-corrected chi connectivity index (χ3v) is 6.20. The number of amides is 1. The van der Waals surface area contributed by atoms with Crippen LogP contribution in [-0.4, -0.2) is 40.1 Å². The van der Waals surface area contributed by atoms with Gasteiger partial charge in [-0.3, -0.25) is 4.79 Å². The standard InChI is InChI=1S/C28H29N3O3/c1-2-33-25-14-8-9-15-26(25)34-17-16-31-24-13-7-6-12-23(24)29-28(31)22-18-27(32)30(20-22)19-21-10-4-3-5-11-21/h3-15,22H,2,16-20H2,1H3. The van der Waals surface area contributed by atoms with Crippen LogP contribution < -0.4 is 9.47 Å². The molecular weight excluding hydrogens is 426 g/mol. The maximum absolute atomic E-state index is 12.8. The largest absolute Gasteiger partial charge is 0.490 e. The summed E-state index contributed by atoms with van der Waals surface area (Å²) in [7, 11) is 0. The van der Waals surface area contributed by atoms with E-state index in [0.29, 0.717) is 39.3 Å². The molecule has 1 aliphatic heterocycles. The molecule has 1 atom stereocenters. The second kappa shape index (κ2) is 10.00. The van der Waals surface area contributed by atoms with Gasteiger partial charge in [-0.25, -0.2) is 4.98 Å². The Morgan fingerprint density at radius 3 is 2.41 bits per heavy atom. The lowest BCUT2D eigenvalue weighted by atomic mass is 10.1. The third kappa shape index (κ3) is 4.62. The van der Waals surface area contributed by atoms with Gasteiger partial charge in [-0.15, -0.1) is 0 Å². The molecule has 1 saturated heterocycles. The number of likely N-dealkylation sites (tertiary alicyclic amines) is 1. The van der Waals surface area contributed by atoms with E-state index in [4.69, 9.17) is 14.5 Å². The molecule has 1 aromatic heterocycles. The summed E-state index contributed by atoms with van der Waals surface area (Å²) in [5.41, 5.74) is 3.15. The molecule has 0 saturated carbocycles. The summed E-state index contributed by atoms with van der Waals surface area (Å²) in [5.74, 6) is 2.67. The Kier molecular flexibility index (Phi) is 6.47. The Morgan fingerprint density at radius 1 is 0.912 bits per heavy atom. The van der Waals surface area contributed by atoms with Crippen molar-refractivity contribution >= 4 is 16.9 Å². The van der Waals surface area contributed by atoms with Crippen molar-refractivity contribution in [3.8, 4) is 11.5 Å². The van der Waals surface area contributed by atoms with Crippen molar-refractivity contribution in [1.29, 1.82) is 0 Å². The number of hydrogen-bond acceptors (Lipinski definition) is 4. The number of imidazole rings is 1. The van der Waals surface area contributed by atoms with Crippen molar-refractivity contribution in [2.75, 3.05) is 19.8 Å². The second-order valence-corrected chi connectivity index (χ2v) is 8.50. The molecule has 1 amide bonds. The van der Waals surface area contributed by atoms with Crippen molar-refractivity contribution in [1.82, 2.24) is 14.5 Å². The van der Waals surface area contributed by atoms with Crippen LogP contribution in [0.3, 0.4) is 0 Å². The van der Waals surface area contributed by atoms with Crippen LogP contribution in [0.1, 0.15) is 30.7 Å². The summed E-state index contributed by atoms with van der Waals surface area (Å²) >= 11 is 0. The van der Waals surface area contributed by atoms with Gasteiger partial charge in [0.25, 0.3) is 0 Å². The molecule has 1 unspecified atom stereocenters. The van der Waals surface area contributed by atoms with E-state index in [9.17, 15) is 4.79 Å². The van der Waals surface area contributed by atoms with Crippen LogP contribution in [0.15, 0.2) is 78.9 Å². The van der Waals surface area contributed by atoms with E-state index in [1.54, 1.807) is 0 Å². The molecule has 0 N–H and O–H groups in total. The van der Waals surface area contributed by atoms with Gasteiger partial charge >= 0.3 is 0 Å². The number of para-hydroxylation sites is 4. The highest BCUT2D eigenvalue weighted by Gasteiger charge is 2.34. The molecule has 6 nitrogen and oxygen atoms in total. The Balaban J connectivity index is 1.35. The van der Waals surface area contributed by atoms with Crippen LogP contribution in [0.5, 0.6) is 11.5 Å². The van der Waals surface area contributed by atoms with Gasteiger partial charge in [-0.05, 0) is 36.8 Å². The lowest BCUT2D eigenvalue weighted by Crippen LogP contribution is -2.24. The zero-order valence-corrected chi connectivity index (χ0v) is 19.4. The average Bonchev–Trinajstić information content (AvgIpc) is 3.41. The Hall–Kier alpha value is -3.80. The fourth-order valence-electron chi connectivity index (χ4n) is 4.63. The van der Waals surface area contributed by atoms with Gasteiger partial charge in [-0.2, -0.15) is 0 Å². The number of rotatable bonds is 9. The first kappa shape index (κ1) is 22.0. The minimum absolute atomic E-state index is 0.0549. The van der Waals surface area contributed by atoms with Crippen LogP contribution >= 0.6 is 0 Å². The molecule has 1 aliphatic rings. The molecule has 2 heterocycles. The van der Waals surface area contributed by atoms with Crippen molar-refractivity contribution in [3.05, 3.63) is 90.3 Å². The normalized spacial score (nSPS) is 15.7. The summed E-state index contributed by atoms with van der Waals surface area (Å²) in [6, 6.07) is 26.0. The molecule has 1 fully saturated rings. The van der Waals surface area contributed by atoms with Gasteiger partial charge in [0.1, 0.15) is 12.4 Å². The van der Waals surface area contributed by atoms with Gasteiger partial charge in [0, 0.05) is 25.4 Å². The highest BCUT2D eigenvalue weighted by Crippen LogP contribution is 2.32. The third-order valence-electron chi connectivity index (χ3n) is 6.20. The van der Waals surface area contributed by atoms with Crippen molar-refractivity contribution in [2.45, 2.75) is 32.4 Å². The number of fused-ring (bicyclic) bond motifs is 1. The first-order valence-electron chi connectivity index (χ1n) is 11.8. The minimum atomic E-state index is 0.0549. The Labute approximate surface area is 199 Å². The van der Waals surface area contributed by atoms with E-state index in [0.717, 1.165) is 33.9 Å². The summed E-state index contributed by atoms with van der Waals surface area (Å²) in [5, 5.41) is 0. The molecule has 34 heavy (non-hydrogen) atoms. The van der Waals surface area contributed by atoms with Gasteiger partial charge in [0.15, 0.2) is 11.5 Å². The molecule has 0 aliphatic carbocycles. The van der Waals surface area contributed by atoms with E-state index in [-0.39, 0.29) is 11.8 Å². The fraction of sp³-hybridized carbons (Fsp3) is 0.286. The minimum Gasteiger partial charge on any atom is -0.490 e. The van der Waals surface area contributed by atoms with Crippen molar-refractivity contribution < 1.29 is 14.3 Å². The molecular formula is C28H29N3O3. The van der Waals surface area contributed by atoms with E-state index in [2.05, 4.69) is 22.8 Å². The first-order chi connectivity index (χ1) is 16.7. The predicted molar refractivity (Wildman–Crippen MR) is 132 cm³/mol.